The van der Waals surface area contributed by atoms with Crippen molar-refractivity contribution in [2.45, 2.75) is 31.3 Å². The van der Waals surface area contributed by atoms with Crippen LogP contribution in [0.1, 0.15) is 30.9 Å². The third-order valence-electron chi connectivity index (χ3n) is 4.89. The molecule has 2 heterocycles. The third kappa shape index (κ3) is 3.18. The predicted octanol–water partition coefficient (Wildman–Crippen LogP) is 1.56. The van der Waals surface area contributed by atoms with Crippen molar-refractivity contribution in [2.75, 3.05) is 6.54 Å². The number of amides is 2. The van der Waals surface area contributed by atoms with E-state index in [-0.39, 0.29) is 24.2 Å². The molecule has 132 valence electrons. The Labute approximate surface area is 151 Å². The second-order valence-corrected chi connectivity index (χ2v) is 6.80. The summed E-state index contributed by atoms with van der Waals surface area (Å²) in [6.45, 7) is 0.455. The number of rotatable bonds is 5. The van der Waals surface area contributed by atoms with Crippen molar-refractivity contribution < 1.29 is 9.59 Å². The summed E-state index contributed by atoms with van der Waals surface area (Å²) in [6, 6.07) is 11.2. The van der Waals surface area contributed by atoms with Gasteiger partial charge in [0.25, 0.3) is 0 Å². The van der Waals surface area contributed by atoms with Gasteiger partial charge in [0.05, 0.1) is 23.9 Å². The van der Waals surface area contributed by atoms with E-state index >= 15 is 0 Å². The number of hydrogen-bond acceptors (Lipinski definition) is 4. The van der Waals surface area contributed by atoms with Crippen molar-refractivity contribution in [3.8, 4) is 11.8 Å². The Kier molecular flexibility index (Phi) is 4.17. The van der Waals surface area contributed by atoms with Crippen LogP contribution in [0.2, 0.25) is 0 Å². The van der Waals surface area contributed by atoms with Crippen LogP contribution >= 0.6 is 0 Å². The Morgan fingerprint density at radius 2 is 2.08 bits per heavy atom. The molecular formula is C19H19N5O2. The lowest BCUT2D eigenvalue weighted by molar-refractivity contribution is -0.129. The molecule has 2 fully saturated rings. The van der Waals surface area contributed by atoms with Gasteiger partial charge in [0.2, 0.25) is 11.8 Å². The number of likely N-dealkylation sites (tertiary alicyclic amines) is 1. The van der Waals surface area contributed by atoms with E-state index in [2.05, 4.69) is 16.5 Å². The quantitative estimate of drug-likeness (QED) is 0.887. The lowest BCUT2D eigenvalue weighted by Gasteiger charge is -2.16. The number of nitrogens with zero attached hydrogens (tertiary/aromatic N) is 4. The van der Waals surface area contributed by atoms with Gasteiger partial charge < -0.3 is 10.2 Å². The molecule has 1 aromatic heterocycles. The van der Waals surface area contributed by atoms with Gasteiger partial charge in [-0.25, -0.2) is 4.68 Å². The van der Waals surface area contributed by atoms with Crippen LogP contribution in [0.3, 0.4) is 0 Å². The lowest BCUT2D eigenvalue weighted by Crippen LogP contribution is -2.35. The van der Waals surface area contributed by atoms with Gasteiger partial charge in [-0.2, -0.15) is 10.4 Å². The minimum Gasteiger partial charge on any atom is -0.339 e. The highest BCUT2D eigenvalue weighted by Crippen LogP contribution is 2.32. The molecular weight excluding hydrogens is 330 g/mol. The standard InChI is InChI=1S/C19H19N5O2/c20-9-17(14-10-21-24(12-14)16-4-2-1-3-5-16)22-19(26)13-8-18(25)23(11-13)15-6-7-15/h1-5,10,12-13,15,17H,6-8,11H2,(H,22,26). The molecule has 2 amide bonds. The minimum absolute atomic E-state index is 0.0399. The number of nitriles is 1. The number of carbonyl (C=O) groups excluding carboxylic acids is 2. The van der Waals surface area contributed by atoms with E-state index in [1.54, 1.807) is 22.0 Å². The maximum absolute atomic E-state index is 12.5. The molecule has 2 aromatic rings. The second kappa shape index (κ2) is 6.64. The Morgan fingerprint density at radius 1 is 1.31 bits per heavy atom. The summed E-state index contributed by atoms with van der Waals surface area (Å²) in [7, 11) is 0. The fourth-order valence-electron chi connectivity index (χ4n) is 3.30. The molecule has 2 aliphatic rings. The van der Waals surface area contributed by atoms with E-state index < -0.39 is 6.04 Å². The maximum Gasteiger partial charge on any atom is 0.226 e. The van der Waals surface area contributed by atoms with Crippen LogP contribution < -0.4 is 5.32 Å². The first kappa shape index (κ1) is 16.3. The first-order valence-electron chi connectivity index (χ1n) is 8.75. The maximum atomic E-state index is 12.5. The topological polar surface area (TPSA) is 91.0 Å². The Balaban J connectivity index is 1.43. The van der Waals surface area contributed by atoms with Crippen molar-refractivity contribution in [3.05, 3.63) is 48.3 Å². The lowest BCUT2D eigenvalue weighted by atomic mass is 10.1. The van der Waals surface area contributed by atoms with Crippen molar-refractivity contribution in [1.82, 2.24) is 20.0 Å². The van der Waals surface area contributed by atoms with Crippen LogP contribution in [0.25, 0.3) is 5.69 Å². The average molecular weight is 349 g/mol. The third-order valence-corrected chi connectivity index (χ3v) is 4.89. The summed E-state index contributed by atoms with van der Waals surface area (Å²) in [4.78, 5) is 26.4. The summed E-state index contributed by atoms with van der Waals surface area (Å²) in [6.07, 6.45) is 5.60. The molecule has 0 spiro atoms. The van der Waals surface area contributed by atoms with Gasteiger partial charge in [0, 0.05) is 30.8 Å². The number of carbonyl (C=O) groups is 2. The first-order chi connectivity index (χ1) is 12.7. The molecule has 7 heteroatoms. The molecule has 0 radical (unpaired) electrons. The van der Waals surface area contributed by atoms with Gasteiger partial charge >= 0.3 is 0 Å². The van der Waals surface area contributed by atoms with Gasteiger partial charge in [0.1, 0.15) is 6.04 Å². The van der Waals surface area contributed by atoms with Gasteiger partial charge in [0.15, 0.2) is 0 Å². The zero-order chi connectivity index (χ0) is 18.1. The van der Waals surface area contributed by atoms with E-state index in [4.69, 9.17) is 0 Å². The molecule has 4 rings (SSSR count). The minimum atomic E-state index is -0.787. The summed E-state index contributed by atoms with van der Waals surface area (Å²) in [5.41, 5.74) is 1.50. The molecule has 2 atom stereocenters. The van der Waals surface area contributed by atoms with E-state index in [0.717, 1.165) is 18.5 Å². The molecule has 1 N–H and O–H groups in total. The van der Waals surface area contributed by atoms with E-state index in [9.17, 15) is 14.9 Å². The summed E-state index contributed by atoms with van der Waals surface area (Å²) < 4.78 is 1.67. The number of benzene rings is 1. The van der Waals surface area contributed by atoms with Gasteiger partial charge in [-0.3, -0.25) is 9.59 Å². The van der Waals surface area contributed by atoms with Crippen LogP contribution in [-0.2, 0) is 9.59 Å². The molecule has 1 aliphatic carbocycles. The SMILES string of the molecule is N#CC(NC(=O)C1CC(=O)N(C2CC2)C1)c1cnn(-c2ccccc2)c1. The van der Waals surface area contributed by atoms with Gasteiger partial charge in [-0.1, -0.05) is 18.2 Å². The van der Waals surface area contributed by atoms with Crippen LogP contribution in [0, 0.1) is 17.2 Å². The molecule has 26 heavy (non-hydrogen) atoms. The van der Waals surface area contributed by atoms with E-state index in [1.807, 2.05) is 30.3 Å². The first-order valence-corrected chi connectivity index (χ1v) is 8.75. The smallest absolute Gasteiger partial charge is 0.226 e. The molecule has 1 saturated heterocycles. The Bertz CT molecular complexity index is 866. The molecule has 1 aliphatic heterocycles. The van der Waals surface area contributed by atoms with E-state index in [1.165, 1.54) is 0 Å². The van der Waals surface area contributed by atoms with Crippen molar-refractivity contribution in [2.24, 2.45) is 5.92 Å². The predicted molar refractivity (Wildman–Crippen MR) is 92.9 cm³/mol. The molecule has 1 saturated carbocycles. The Hall–Kier alpha value is -3.14. The molecule has 7 nitrogen and oxygen atoms in total. The monoisotopic (exact) mass is 349 g/mol. The highest BCUT2D eigenvalue weighted by Gasteiger charge is 2.42. The van der Waals surface area contributed by atoms with Crippen molar-refractivity contribution >= 4 is 11.8 Å². The molecule has 2 unspecified atom stereocenters. The summed E-state index contributed by atoms with van der Waals surface area (Å²) in [5, 5.41) is 16.5. The van der Waals surface area contributed by atoms with E-state index in [0.29, 0.717) is 18.2 Å². The highest BCUT2D eigenvalue weighted by molar-refractivity contribution is 5.89. The largest absolute Gasteiger partial charge is 0.339 e. The summed E-state index contributed by atoms with van der Waals surface area (Å²) >= 11 is 0. The van der Waals surface area contributed by atoms with Crippen LogP contribution in [0.4, 0.5) is 0 Å². The van der Waals surface area contributed by atoms with Crippen LogP contribution in [-0.4, -0.2) is 39.1 Å². The number of para-hydroxylation sites is 1. The number of aromatic nitrogens is 2. The number of nitrogens with one attached hydrogen (secondary N) is 1. The van der Waals surface area contributed by atoms with Crippen molar-refractivity contribution in [1.29, 1.82) is 5.26 Å². The van der Waals surface area contributed by atoms with Gasteiger partial charge in [-0.15, -0.1) is 0 Å². The van der Waals surface area contributed by atoms with Crippen LogP contribution in [0.5, 0.6) is 0 Å². The van der Waals surface area contributed by atoms with Crippen LogP contribution in [0.15, 0.2) is 42.7 Å². The number of hydrogen-bond donors (Lipinski definition) is 1. The van der Waals surface area contributed by atoms with Crippen molar-refractivity contribution in [3.63, 3.8) is 0 Å². The molecule has 1 aromatic carbocycles. The average Bonchev–Trinajstić information content (AvgIpc) is 3.25. The summed E-state index contributed by atoms with van der Waals surface area (Å²) in [5.74, 6) is -0.596. The fourth-order valence-corrected chi connectivity index (χ4v) is 3.30. The normalized spacial score (nSPS) is 20.7. The molecule has 0 bridgehead atoms. The Morgan fingerprint density at radius 3 is 2.77 bits per heavy atom. The highest BCUT2D eigenvalue weighted by atomic mass is 16.2. The second-order valence-electron chi connectivity index (χ2n) is 6.80. The van der Waals surface area contributed by atoms with Gasteiger partial charge in [-0.05, 0) is 25.0 Å². The fraction of sp³-hybridized carbons (Fsp3) is 0.368. The zero-order valence-corrected chi connectivity index (χ0v) is 14.2. The zero-order valence-electron chi connectivity index (χ0n) is 14.2.